The summed E-state index contributed by atoms with van der Waals surface area (Å²) in [6.07, 6.45) is 1.44. The lowest BCUT2D eigenvalue weighted by molar-refractivity contribution is -0.119. The van der Waals surface area contributed by atoms with Crippen molar-refractivity contribution < 1.29 is 9.59 Å². The number of nitrogens with one attached hydrogen (secondary N) is 2. The SMILES string of the molecule is CC(=O)Nc1ccc(C2CCC(=O)N2)cc1. The van der Waals surface area contributed by atoms with Gasteiger partial charge in [0.25, 0.3) is 0 Å². The molecule has 0 saturated carbocycles. The molecule has 1 saturated heterocycles. The van der Waals surface area contributed by atoms with Gasteiger partial charge in [-0.05, 0) is 24.1 Å². The van der Waals surface area contributed by atoms with Crippen molar-refractivity contribution in [3.63, 3.8) is 0 Å². The summed E-state index contributed by atoms with van der Waals surface area (Å²) in [5.74, 6) is 0.0258. The zero-order chi connectivity index (χ0) is 11.5. The maximum Gasteiger partial charge on any atom is 0.221 e. The Kier molecular flexibility index (Phi) is 2.90. The van der Waals surface area contributed by atoms with Gasteiger partial charge in [-0.3, -0.25) is 9.59 Å². The van der Waals surface area contributed by atoms with Crippen molar-refractivity contribution in [3.8, 4) is 0 Å². The van der Waals surface area contributed by atoms with Crippen LogP contribution in [0.4, 0.5) is 5.69 Å². The van der Waals surface area contributed by atoms with E-state index in [0.29, 0.717) is 6.42 Å². The molecule has 1 aliphatic rings. The maximum atomic E-state index is 11.1. The molecule has 4 nitrogen and oxygen atoms in total. The number of benzene rings is 1. The second-order valence-corrected chi connectivity index (χ2v) is 3.96. The van der Waals surface area contributed by atoms with Crippen LogP contribution in [0.25, 0.3) is 0 Å². The lowest BCUT2D eigenvalue weighted by Gasteiger charge is -2.11. The van der Waals surface area contributed by atoms with E-state index in [2.05, 4.69) is 10.6 Å². The van der Waals surface area contributed by atoms with Crippen molar-refractivity contribution in [1.29, 1.82) is 0 Å². The van der Waals surface area contributed by atoms with Gasteiger partial charge in [0, 0.05) is 19.0 Å². The number of anilines is 1. The first-order valence-electron chi connectivity index (χ1n) is 5.32. The van der Waals surface area contributed by atoms with E-state index in [0.717, 1.165) is 17.7 Å². The fourth-order valence-corrected chi connectivity index (χ4v) is 1.87. The Bertz CT molecular complexity index is 412. The predicted octanol–water partition coefficient (Wildman–Crippen LogP) is 1.60. The highest BCUT2D eigenvalue weighted by atomic mass is 16.2. The number of hydrogen-bond donors (Lipinski definition) is 2. The van der Waals surface area contributed by atoms with Gasteiger partial charge in [0.15, 0.2) is 0 Å². The first-order valence-corrected chi connectivity index (χ1v) is 5.32. The molecule has 2 amide bonds. The van der Waals surface area contributed by atoms with Crippen LogP contribution in [0.15, 0.2) is 24.3 Å². The second kappa shape index (κ2) is 4.35. The molecular weight excluding hydrogens is 204 g/mol. The zero-order valence-electron chi connectivity index (χ0n) is 9.12. The molecule has 1 unspecified atom stereocenters. The van der Waals surface area contributed by atoms with Crippen molar-refractivity contribution in [2.75, 3.05) is 5.32 Å². The second-order valence-electron chi connectivity index (χ2n) is 3.96. The molecule has 0 bridgehead atoms. The van der Waals surface area contributed by atoms with Crippen LogP contribution in [-0.4, -0.2) is 11.8 Å². The van der Waals surface area contributed by atoms with E-state index in [1.807, 2.05) is 24.3 Å². The summed E-state index contributed by atoms with van der Waals surface area (Å²) in [4.78, 5) is 21.9. The molecule has 1 fully saturated rings. The van der Waals surface area contributed by atoms with E-state index < -0.39 is 0 Å². The molecule has 4 heteroatoms. The highest BCUT2D eigenvalue weighted by Crippen LogP contribution is 2.24. The van der Waals surface area contributed by atoms with E-state index in [4.69, 9.17) is 0 Å². The average molecular weight is 218 g/mol. The van der Waals surface area contributed by atoms with Gasteiger partial charge in [0.2, 0.25) is 11.8 Å². The van der Waals surface area contributed by atoms with Crippen molar-refractivity contribution in [2.45, 2.75) is 25.8 Å². The Morgan fingerprint density at radius 3 is 2.56 bits per heavy atom. The van der Waals surface area contributed by atoms with Gasteiger partial charge in [0.05, 0.1) is 6.04 Å². The first-order chi connectivity index (χ1) is 7.65. The monoisotopic (exact) mass is 218 g/mol. The minimum atomic E-state index is -0.0816. The van der Waals surface area contributed by atoms with E-state index in [-0.39, 0.29) is 17.9 Å². The first kappa shape index (κ1) is 10.7. The third-order valence-corrected chi connectivity index (χ3v) is 2.63. The van der Waals surface area contributed by atoms with Gasteiger partial charge >= 0.3 is 0 Å². The van der Waals surface area contributed by atoms with Crippen molar-refractivity contribution in [1.82, 2.24) is 5.32 Å². The van der Waals surface area contributed by atoms with E-state index in [1.54, 1.807) is 0 Å². The van der Waals surface area contributed by atoms with Crippen LogP contribution in [0.1, 0.15) is 31.4 Å². The highest BCUT2D eigenvalue weighted by Gasteiger charge is 2.21. The molecular formula is C12H14N2O2. The number of amides is 2. The molecule has 16 heavy (non-hydrogen) atoms. The van der Waals surface area contributed by atoms with Crippen LogP contribution in [-0.2, 0) is 9.59 Å². The molecule has 0 aliphatic carbocycles. The quantitative estimate of drug-likeness (QED) is 0.792. The van der Waals surface area contributed by atoms with Crippen LogP contribution in [0.3, 0.4) is 0 Å². The van der Waals surface area contributed by atoms with E-state index >= 15 is 0 Å². The summed E-state index contributed by atoms with van der Waals surface area (Å²) >= 11 is 0. The van der Waals surface area contributed by atoms with Gasteiger partial charge in [-0.25, -0.2) is 0 Å². The lowest BCUT2D eigenvalue weighted by Crippen LogP contribution is -2.18. The van der Waals surface area contributed by atoms with E-state index in [1.165, 1.54) is 6.92 Å². The van der Waals surface area contributed by atoms with Crippen molar-refractivity contribution in [2.24, 2.45) is 0 Å². The largest absolute Gasteiger partial charge is 0.349 e. The van der Waals surface area contributed by atoms with Crippen molar-refractivity contribution >= 4 is 17.5 Å². The molecule has 0 spiro atoms. The number of hydrogen-bond acceptors (Lipinski definition) is 2. The Balaban J connectivity index is 2.07. The average Bonchev–Trinajstić information content (AvgIpc) is 2.65. The molecule has 1 aromatic carbocycles. The molecule has 84 valence electrons. The molecule has 1 aliphatic heterocycles. The van der Waals surface area contributed by atoms with Gasteiger partial charge in [-0.15, -0.1) is 0 Å². The standard InChI is InChI=1S/C12H14N2O2/c1-8(15)13-10-4-2-9(3-5-10)11-6-7-12(16)14-11/h2-5,11H,6-7H2,1H3,(H,13,15)(H,14,16). The van der Waals surface area contributed by atoms with E-state index in [9.17, 15) is 9.59 Å². The Morgan fingerprint density at radius 1 is 1.38 bits per heavy atom. The number of rotatable bonds is 2. The molecule has 1 heterocycles. The topological polar surface area (TPSA) is 58.2 Å². The summed E-state index contributed by atoms with van der Waals surface area (Å²) in [6, 6.07) is 7.68. The number of carbonyl (C=O) groups is 2. The van der Waals surface area contributed by atoms with Crippen LogP contribution >= 0.6 is 0 Å². The summed E-state index contributed by atoms with van der Waals surface area (Å²) in [6.45, 7) is 1.48. The maximum absolute atomic E-state index is 11.1. The van der Waals surface area contributed by atoms with Crippen LogP contribution in [0, 0.1) is 0 Å². The molecule has 0 aromatic heterocycles. The fourth-order valence-electron chi connectivity index (χ4n) is 1.87. The molecule has 1 aromatic rings. The highest BCUT2D eigenvalue weighted by molar-refractivity contribution is 5.88. The van der Waals surface area contributed by atoms with Gasteiger partial charge in [-0.2, -0.15) is 0 Å². The van der Waals surface area contributed by atoms with Crippen LogP contribution < -0.4 is 10.6 Å². The smallest absolute Gasteiger partial charge is 0.221 e. The molecule has 1 atom stereocenters. The Hall–Kier alpha value is -1.84. The minimum absolute atomic E-state index is 0.0816. The Labute approximate surface area is 94.0 Å². The molecule has 2 N–H and O–H groups in total. The van der Waals surface area contributed by atoms with Gasteiger partial charge in [0.1, 0.15) is 0 Å². The third kappa shape index (κ3) is 2.39. The summed E-state index contributed by atoms with van der Waals surface area (Å²) < 4.78 is 0. The molecule has 2 rings (SSSR count). The van der Waals surface area contributed by atoms with Crippen molar-refractivity contribution in [3.05, 3.63) is 29.8 Å². The predicted molar refractivity (Wildman–Crippen MR) is 60.9 cm³/mol. The Morgan fingerprint density at radius 2 is 2.06 bits per heavy atom. The summed E-state index contributed by atoms with van der Waals surface area (Å²) in [5, 5.41) is 5.61. The van der Waals surface area contributed by atoms with Gasteiger partial charge in [-0.1, -0.05) is 12.1 Å². The van der Waals surface area contributed by atoms with Crippen LogP contribution in [0.5, 0.6) is 0 Å². The zero-order valence-corrected chi connectivity index (χ0v) is 9.12. The third-order valence-electron chi connectivity index (χ3n) is 2.63. The lowest BCUT2D eigenvalue weighted by atomic mass is 10.1. The minimum Gasteiger partial charge on any atom is -0.349 e. The number of carbonyl (C=O) groups excluding carboxylic acids is 2. The van der Waals surface area contributed by atoms with Crippen LogP contribution in [0.2, 0.25) is 0 Å². The van der Waals surface area contributed by atoms with Gasteiger partial charge < -0.3 is 10.6 Å². The summed E-state index contributed by atoms with van der Waals surface area (Å²) in [5.41, 5.74) is 1.86. The normalized spacial score (nSPS) is 19.3. The molecule has 0 radical (unpaired) electrons. The summed E-state index contributed by atoms with van der Waals surface area (Å²) in [7, 11) is 0. The fraction of sp³-hybridized carbons (Fsp3) is 0.333.